The largest absolute Gasteiger partial charge is 0.366 e. The molecule has 2 heterocycles. The molecule has 5 heteroatoms. The third-order valence-corrected chi connectivity index (χ3v) is 3.87. The molecule has 18 heavy (non-hydrogen) atoms. The molecule has 1 unspecified atom stereocenters. The molecule has 0 saturated heterocycles. The fraction of sp³-hybridized carbons (Fsp3) is 0.0769. The lowest BCUT2D eigenvalue weighted by Crippen LogP contribution is -2.27. The zero-order valence-electron chi connectivity index (χ0n) is 9.38. The highest BCUT2D eigenvalue weighted by molar-refractivity contribution is 9.10. The van der Waals surface area contributed by atoms with Gasteiger partial charge in [0, 0.05) is 17.1 Å². The molecule has 0 saturated carbocycles. The van der Waals surface area contributed by atoms with E-state index in [0.717, 1.165) is 21.4 Å². The van der Waals surface area contributed by atoms with Crippen LogP contribution in [-0.4, -0.2) is 15.1 Å². The molecule has 1 aliphatic rings. The normalized spacial score (nSPS) is 17.1. The van der Waals surface area contributed by atoms with Gasteiger partial charge in [0.25, 0.3) is 0 Å². The first-order chi connectivity index (χ1) is 8.81. The summed E-state index contributed by atoms with van der Waals surface area (Å²) in [6, 6.07) is 10.1. The lowest BCUT2D eigenvalue weighted by atomic mass is 10.1. The number of nitrogens with one attached hydrogen (secondary N) is 1. The third-order valence-electron chi connectivity index (χ3n) is 2.84. The van der Waals surface area contributed by atoms with Gasteiger partial charge in [-0.15, -0.1) is 0 Å². The second-order valence-corrected chi connectivity index (χ2v) is 5.00. The second kappa shape index (κ2) is 4.66. The number of hydrogen-bond donors (Lipinski definition) is 1. The van der Waals surface area contributed by atoms with Gasteiger partial charge in [-0.3, -0.25) is 0 Å². The first kappa shape index (κ1) is 11.6. The number of benzene rings is 1. The topological polar surface area (TPSA) is 29.9 Å². The van der Waals surface area contributed by atoms with Gasteiger partial charge in [0.05, 0.1) is 10.2 Å². The summed E-state index contributed by atoms with van der Waals surface area (Å²) in [5.74, 6) is 0. The van der Waals surface area contributed by atoms with Gasteiger partial charge in [-0.05, 0) is 22.0 Å². The Morgan fingerprint density at radius 1 is 1.33 bits per heavy atom. The van der Waals surface area contributed by atoms with Crippen LogP contribution in [0, 0.1) is 0 Å². The van der Waals surface area contributed by atoms with E-state index in [2.05, 4.69) is 26.3 Å². The van der Waals surface area contributed by atoms with E-state index in [1.165, 1.54) is 0 Å². The minimum absolute atomic E-state index is 0.0752. The van der Waals surface area contributed by atoms with Crippen LogP contribution in [0.25, 0.3) is 17.3 Å². The molecule has 0 fully saturated rings. The van der Waals surface area contributed by atoms with Crippen molar-refractivity contribution in [2.75, 3.05) is 0 Å². The molecule has 1 aromatic carbocycles. The monoisotopic (exact) mass is 319 g/mol. The quantitative estimate of drug-likeness (QED) is 0.860. The Balaban J connectivity index is 2.17. The molecule has 1 N–H and O–H groups in total. The van der Waals surface area contributed by atoms with Crippen LogP contribution < -0.4 is 5.32 Å². The van der Waals surface area contributed by atoms with Crippen LogP contribution >= 0.6 is 28.1 Å². The molecule has 0 spiro atoms. The molecule has 1 aromatic heterocycles. The van der Waals surface area contributed by atoms with Gasteiger partial charge in [0.1, 0.15) is 11.9 Å². The molecule has 0 bridgehead atoms. The summed E-state index contributed by atoms with van der Waals surface area (Å²) in [7, 11) is 0. The van der Waals surface area contributed by atoms with Crippen molar-refractivity contribution < 1.29 is 0 Å². The maximum atomic E-state index is 5.02. The predicted octanol–water partition coefficient (Wildman–Crippen LogP) is 3.38. The first-order valence-electron chi connectivity index (χ1n) is 5.52. The summed E-state index contributed by atoms with van der Waals surface area (Å²) in [6.45, 7) is 0. The molecule has 3 rings (SSSR count). The zero-order chi connectivity index (χ0) is 12.5. The molecule has 2 aromatic rings. The Morgan fingerprint density at radius 3 is 2.83 bits per heavy atom. The summed E-state index contributed by atoms with van der Waals surface area (Å²) in [6.07, 6.45) is 3.80. The molecule has 3 nitrogen and oxygen atoms in total. The van der Waals surface area contributed by atoms with Crippen LogP contribution in [-0.2, 0) is 0 Å². The van der Waals surface area contributed by atoms with E-state index in [0.29, 0.717) is 0 Å². The van der Waals surface area contributed by atoms with Crippen LogP contribution in [0.4, 0.5) is 0 Å². The predicted molar refractivity (Wildman–Crippen MR) is 80.2 cm³/mol. The summed E-state index contributed by atoms with van der Waals surface area (Å²) in [5.41, 5.74) is 3.04. The standard InChI is InChI=1S/C13H10BrN3S/c14-12-10-6-7-15-11(8-18)17(10)16-13(12)9-4-2-1-3-5-9/h1-8,11,15H. The van der Waals surface area contributed by atoms with Crippen LogP contribution in [0.1, 0.15) is 11.9 Å². The first-order valence-corrected chi connectivity index (χ1v) is 6.79. The van der Waals surface area contributed by atoms with Crippen molar-refractivity contribution in [2.24, 2.45) is 0 Å². The van der Waals surface area contributed by atoms with Gasteiger partial charge in [-0.2, -0.15) is 5.10 Å². The lowest BCUT2D eigenvalue weighted by molar-refractivity contribution is 0.523. The highest BCUT2D eigenvalue weighted by Crippen LogP contribution is 2.33. The van der Waals surface area contributed by atoms with Crippen molar-refractivity contribution in [1.29, 1.82) is 0 Å². The second-order valence-electron chi connectivity index (χ2n) is 3.94. The van der Waals surface area contributed by atoms with Crippen molar-refractivity contribution in [1.82, 2.24) is 15.1 Å². The van der Waals surface area contributed by atoms with Crippen molar-refractivity contribution >= 4 is 39.6 Å². The number of hydrogen-bond acceptors (Lipinski definition) is 3. The summed E-state index contributed by atoms with van der Waals surface area (Å²) in [4.78, 5) is 0. The van der Waals surface area contributed by atoms with E-state index in [-0.39, 0.29) is 6.17 Å². The van der Waals surface area contributed by atoms with Crippen LogP contribution in [0.5, 0.6) is 0 Å². The Kier molecular flexibility index (Phi) is 3.01. The lowest BCUT2D eigenvalue weighted by Gasteiger charge is -2.18. The molecule has 0 aliphatic carbocycles. The van der Waals surface area contributed by atoms with Crippen LogP contribution in [0.2, 0.25) is 0 Å². The number of halogens is 1. The van der Waals surface area contributed by atoms with Crippen molar-refractivity contribution in [2.45, 2.75) is 6.17 Å². The van der Waals surface area contributed by atoms with Gasteiger partial charge in [-0.25, -0.2) is 4.68 Å². The van der Waals surface area contributed by atoms with Crippen molar-refractivity contribution in [3.63, 3.8) is 0 Å². The molecular formula is C13H10BrN3S. The van der Waals surface area contributed by atoms with Crippen molar-refractivity contribution in [3.8, 4) is 11.3 Å². The maximum absolute atomic E-state index is 5.02. The average Bonchev–Trinajstić information content (AvgIpc) is 2.77. The number of fused-ring (bicyclic) bond motifs is 1. The molecule has 1 atom stereocenters. The number of nitrogens with zero attached hydrogens (tertiary/aromatic N) is 2. The van der Waals surface area contributed by atoms with Crippen LogP contribution in [0.15, 0.2) is 41.0 Å². The molecule has 90 valence electrons. The molecule has 0 amide bonds. The summed E-state index contributed by atoms with van der Waals surface area (Å²) < 4.78 is 2.88. The minimum Gasteiger partial charge on any atom is -0.366 e. The third kappa shape index (κ3) is 1.79. The number of aromatic nitrogens is 2. The van der Waals surface area contributed by atoms with E-state index in [9.17, 15) is 0 Å². The summed E-state index contributed by atoms with van der Waals surface area (Å²) >= 11 is 8.64. The Bertz CT molecular complexity index is 619. The van der Waals surface area contributed by atoms with Gasteiger partial charge in [0.15, 0.2) is 0 Å². The molecule has 1 aliphatic heterocycles. The van der Waals surface area contributed by atoms with Gasteiger partial charge >= 0.3 is 0 Å². The Hall–Kier alpha value is -1.46. The van der Waals surface area contributed by atoms with E-state index >= 15 is 0 Å². The SMILES string of the molecule is S=CC1NC=Cc2c(Br)c(-c3ccccc3)nn21. The van der Waals surface area contributed by atoms with Crippen molar-refractivity contribution in [3.05, 3.63) is 46.7 Å². The Morgan fingerprint density at radius 2 is 2.11 bits per heavy atom. The van der Waals surface area contributed by atoms with Gasteiger partial charge in [-0.1, -0.05) is 42.5 Å². The highest BCUT2D eigenvalue weighted by atomic mass is 79.9. The summed E-state index contributed by atoms with van der Waals surface area (Å²) in [5, 5.41) is 9.46. The number of rotatable bonds is 2. The Labute approximate surface area is 119 Å². The molecular weight excluding hydrogens is 310 g/mol. The van der Waals surface area contributed by atoms with E-state index in [1.807, 2.05) is 47.3 Å². The zero-order valence-corrected chi connectivity index (χ0v) is 11.8. The van der Waals surface area contributed by atoms with Gasteiger partial charge < -0.3 is 5.32 Å². The van der Waals surface area contributed by atoms with E-state index in [1.54, 1.807) is 5.37 Å². The van der Waals surface area contributed by atoms with E-state index in [4.69, 9.17) is 12.2 Å². The maximum Gasteiger partial charge on any atom is 0.150 e. The smallest absolute Gasteiger partial charge is 0.150 e. The number of thiocarbonyl (C=S) groups is 1. The minimum atomic E-state index is -0.0752. The van der Waals surface area contributed by atoms with Gasteiger partial charge in [0.2, 0.25) is 0 Å². The molecule has 0 radical (unpaired) electrons. The van der Waals surface area contributed by atoms with Crippen LogP contribution in [0.3, 0.4) is 0 Å². The fourth-order valence-corrected chi connectivity index (χ4v) is 2.78. The van der Waals surface area contributed by atoms with E-state index < -0.39 is 0 Å². The highest BCUT2D eigenvalue weighted by Gasteiger charge is 2.21. The fourth-order valence-electron chi connectivity index (χ4n) is 1.96. The average molecular weight is 320 g/mol.